The van der Waals surface area contributed by atoms with Gasteiger partial charge in [0.05, 0.1) is 5.92 Å². The molecule has 0 radical (unpaired) electrons. The molecule has 5 nitrogen and oxygen atoms in total. The summed E-state index contributed by atoms with van der Waals surface area (Å²) in [7, 11) is 0. The largest absolute Gasteiger partial charge is 0.369 e. The molecule has 0 bridgehead atoms. The van der Waals surface area contributed by atoms with Crippen molar-refractivity contribution in [1.29, 1.82) is 0 Å². The number of amides is 1. The second kappa shape index (κ2) is 6.07. The van der Waals surface area contributed by atoms with Crippen molar-refractivity contribution in [2.75, 3.05) is 18.9 Å². The lowest BCUT2D eigenvalue weighted by Crippen LogP contribution is -2.38. The minimum atomic E-state index is -0.251. The van der Waals surface area contributed by atoms with Gasteiger partial charge in [-0.1, -0.05) is 0 Å². The predicted molar refractivity (Wildman–Crippen MR) is 66.9 cm³/mol. The molecule has 2 atom stereocenters. The Bertz CT molecular complexity index is 356. The fraction of sp³-hybridized carbons (Fsp3) is 0.636. The highest BCUT2D eigenvalue weighted by Crippen LogP contribution is 2.31. The molecule has 1 saturated heterocycles. The van der Waals surface area contributed by atoms with E-state index in [0.29, 0.717) is 18.9 Å². The van der Waals surface area contributed by atoms with E-state index in [4.69, 9.17) is 4.74 Å². The summed E-state index contributed by atoms with van der Waals surface area (Å²) in [6.07, 6.45) is 4.92. The van der Waals surface area contributed by atoms with Crippen LogP contribution in [-0.2, 0) is 9.53 Å². The molecule has 6 heteroatoms. The van der Waals surface area contributed by atoms with E-state index < -0.39 is 0 Å². The van der Waals surface area contributed by atoms with Crippen molar-refractivity contribution in [1.82, 2.24) is 15.3 Å². The summed E-state index contributed by atoms with van der Waals surface area (Å²) >= 11 is 4.08. The Hall–Kier alpha value is -1.01. The van der Waals surface area contributed by atoms with Crippen LogP contribution < -0.4 is 5.32 Å². The third kappa shape index (κ3) is 3.01. The Morgan fingerprint density at radius 2 is 2.59 bits per heavy atom. The van der Waals surface area contributed by atoms with E-state index in [-0.39, 0.29) is 17.9 Å². The maximum atomic E-state index is 12.0. The average molecular weight is 255 g/mol. The second-order valence-electron chi connectivity index (χ2n) is 4.03. The van der Waals surface area contributed by atoms with Gasteiger partial charge in [-0.05, 0) is 12.8 Å². The van der Waals surface area contributed by atoms with Crippen LogP contribution in [0, 0.1) is 5.92 Å². The van der Waals surface area contributed by atoms with Crippen molar-refractivity contribution in [3.05, 3.63) is 18.2 Å². The Labute approximate surface area is 106 Å². The molecule has 0 aliphatic carbocycles. The zero-order valence-corrected chi connectivity index (χ0v) is 10.5. The van der Waals surface area contributed by atoms with E-state index in [1.165, 1.54) is 0 Å². The molecular formula is C11H17N3O2S. The SMILES string of the molecule is O=C(NCCS)[C@@H]1CCCO[C@H]1c1ncc[nH]1. The Morgan fingerprint density at radius 3 is 3.29 bits per heavy atom. The number of carbonyl (C=O) groups is 1. The van der Waals surface area contributed by atoms with Gasteiger partial charge < -0.3 is 15.0 Å². The van der Waals surface area contributed by atoms with Gasteiger partial charge in [0, 0.05) is 31.3 Å². The topological polar surface area (TPSA) is 67.0 Å². The first-order valence-electron chi connectivity index (χ1n) is 5.82. The third-order valence-corrected chi connectivity index (χ3v) is 3.08. The molecule has 1 aliphatic heterocycles. The number of rotatable bonds is 4. The van der Waals surface area contributed by atoms with Gasteiger partial charge in [0.25, 0.3) is 0 Å². The highest BCUT2D eigenvalue weighted by atomic mass is 32.1. The van der Waals surface area contributed by atoms with Crippen LogP contribution in [0.5, 0.6) is 0 Å². The standard InChI is InChI=1S/C11H17N3O2S/c15-11(14-5-7-17)8-2-1-6-16-9(8)10-12-3-4-13-10/h3-4,8-9,17H,1-2,5-7H2,(H,12,13)(H,14,15)/t8-,9-/m1/s1. The number of aromatic nitrogens is 2. The third-order valence-electron chi connectivity index (χ3n) is 2.86. The molecule has 2 rings (SSSR count). The zero-order chi connectivity index (χ0) is 12.1. The van der Waals surface area contributed by atoms with E-state index in [2.05, 4.69) is 27.9 Å². The molecular weight excluding hydrogens is 238 g/mol. The number of nitrogens with zero attached hydrogens (tertiary/aromatic N) is 1. The maximum Gasteiger partial charge on any atom is 0.226 e. The summed E-state index contributed by atoms with van der Waals surface area (Å²) in [6, 6.07) is 0. The fourth-order valence-electron chi connectivity index (χ4n) is 2.06. The predicted octanol–water partition coefficient (Wildman–Crippen LogP) is 0.923. The van der Waals surface area contributed by atoms with Gasteiger partial charge in [-0.2, -0.15) is 12.6 Å². The first-order valence-corrected chi connectivity index (χ1v) is 6.45. The van der Waals surface area contributed by atoms with E-state index in [0.717, 1.165) is 18.7 Å². The number of thiol groups is 1. The van der Waals surface area contributed by atoms with Crippen molar-refractivity contribution < 1.29 is 9.53 Å². The van der Waals surface area contributed by atoms with Crippen LogP contribution in [0.3, 0.4) is 0 Å². The Morgan fingerprint density at radius 1 is 1.71 bits per heavy atom. The summed E-state index contributed by atoms with van der Waals surface area (Å²) in [5.41, 5.74) is 0. The second-order valence-corrected chi connectivity index (χ2v) is 4.48. The number of carbonyl (C=O) groups excluding carboxylic acids is 1. The van der Waals surface area contributed by atoms with Crippen molar-refractivity contribution in [2.24, 2.45) is 5.92 Å². The molecule has 1 aromatic rings. The van der Waals surface area contributed by atoms with Gasteiger partial charge >= 0.3 is 0 Å². The van der Waals surface area contributed by atoms with E-state index in [1.807, 2.05) is 0 Å². The van der Waals surface area contributed by atoms with Gasteiger partial charge in [0.1, 0.15) is 11.9 Å². The first-order chi connectivity index (χ1) is 8.33. The molecule has 0 spiro atoms. The summed E-state index contributed by atoms with van der Waals surface area (Å²) in [6.45, 7) is 1.27. The van der Waals surface area contributed by atoms with E-state index in [1.54, 1.807) is 12.4 Å². The van der Waals surface area contributed by atoms with Gasteiger partial charge in [-0.3, -0.25) is 4.79 Å². The molecule has 1 aromatic heterocycles. The highest BCUT2D eigenvalue weighted by Gasteiger charge is 2.34. The van der Waals surface area contributed by atoms with Crippen LogP contribution in [0.4, 0.5) is 0 Å². The van der Waals surface area contributed by atoms with Crippen LogP contribution in [-0.4, -0.2) is 34.8 Å². The molecule has 17 heavy (non-hydrogen) atoms. The summed E-state index contributed by atoms with van der Waals surface area (Å²) in [5, 5.41) is 2.86. The van der Waals surface area contributed by atoms with Gasteiger partial charge in [0.15, 0.2) is 0 Å². The lowest BCUT2D eigenvalue weighted by Gasteiger charge is -2.29. The number of H-pyrrole nitrogens is 1. The number of imidazole rings is 1. The highest BCUT2D eigenvalue weighted by molar-refractivity contribution is 7.80. The van der Waals surface area contributed by atoms with Gasteiger partial charge in [-0.15, -0.1) is 0 Å². The molecule has 1 aliphatic rings. The maximum absolute atomic E-state index is 12.0. The van der Waals surface area contributed by atoms with Crippen molar-refractivity contribution in [2.45, 2.75) is 18.9 Å². The smallest absolute Gasteiger partial charge is 0.226 e. The Balaban J connectivity index is 2.04. The fourth-order valence-corrected chi connectivity index (χ4v) is 2.17. The van der Waals surface area contributed by atoms with Crippen LogP contribution in [0.1, 0.15) is 24.8 Å². The minimum Gasteiger partial charge on any atom is -0.369 e. The first kappa shape index (κ1) is 12.4. The summed E-state index contributed by atoms with van der Waals surface area (Å²) in [4.78, 5) is 19.2. The van der Waals surface area contributed by atoms with Crippen molar-refractivity contribution >= 4 is 18.5 Å². The number of hydrogen-bond acceptors (Lipinski definition) is 4. The normalized spacial score (nSPS) is 24.5. The molecule has 0 aromatic carbocycles. The van der Waals surface area contributed by atoms with Crippen LogP contribution in [0.2, 0.25) is 0 Å². The summed E-state index contributed by atoms with van der Waals surface area (Å²) in [5.74, 6) is 1.25. The lowest BCUT2D eigenvalue weighted by molar-refractivity contribution is -0.135. The molecule has 2 N–H and O–H groups in total. The molecule has 0 saturated carbocycles. The van der Waals surface area contributed by atoms with Crippen molar-refractivity contribution in [3.63, 3.8) is 0 Å². The van der Waals surface area contributed by atoms with E-state index >= 15 is 0 Å². The van der Waals surface area contributed by atoms with Crippen LogP contribution in [0.25, 0.3) is 0 Å². The average Bonchev–Trinajstić information content (AvgIpc) is 2.89. The molecule has 2 heterocycles. The quantitative estimate of drug-likeness (QED) is 0.701. The van der Waals surface area contributed by atoms with Crippen LogP contribution in [0.15, 0.2) is 12.4 Å². The molecule has 94 valence electrons. The molecule has 1 fully saturated rings. The van der Waals surface area contributed by atoms with E-state index in [9.17, 15) is 4.79 Å². The van der Waals surface area contributed by atoms with Gasteiger partial charge in [0.2, 0.25) is 5.91 Å². The number of aromatic amines is 1. The monoisotopic (exact) mass is 255 g/mol. The van der Waals surface area contributed by atoms with Gasteiger partial charge in [-0.25, -0.2) is 4.98 Å². The molecule has 1 amide bonds. The van der Waals surface area contributed by atoms with Crippen LogP contribution >= 0.6 is 12.6 Å². The Kier molecular flexibility index (Phi) is 4.44. The zero-order valence-electron chi connectivity index (χ0n) is 9.56. The molecule has 0 unspecified atom stereocenters. The lowest BCUT2D eigenvalue weighted by atomic mass is 9.93. The number of ether oxygens (including phenoxy) is 1. The summed E-state index contributed by atoms with van der Waals surface area (Å²) < 4.78 is 5.66. The minimum absolute atomic E-state index is 0.0279. The number of hydrogen-bond donors (Lipinski definition) is 3. The number of nitrogens with one attached hydrogen (secondary N) is 2. The van der Waals surface area contributed by atoms with Crippen molar-refractivity contribution in [3.8, 4) is 0 Å².